The standard InChI is InChI=1S/C15H20N4O/c1-19-7-3-5-14(19)11-18-15(20)13-8-12(4-2-6-16)9-17-10-13/h8-10,14H,3,5-7,11,16H2,1H3,(H,18,20). The number of hydrogen-bond donors (Lipinski definition) is 2. The molecule has 3 N–H and O–H groups in total. The molecule has 0 aromatic carbocycles. The second-order valence-electron chi connectivity index (χ2n) is 4.95. The minimum atomic E-state index is -0.103. The molecule has 1 aromatic rings. The molecule has 1 saturated heterocycles. The number of carbonyl (C=O) groups is 1. The molecule has 5 heteroatoms. The first-order valence-corrected chi connectivity index (χ1v) is 6.83. The highest BCUT2D eigenvalue weighted by Crippen LogP contribution is 2.13. The van der Waals surface area contributed by atoms with Gasteiger partial charge in [0, 0.05) is 30.5 Å². The Bertz CT molecular complexity index is 532. The van der Waals surface area contributed by atoms with Gasteiger partial charge in [0.25, 0.3) is 5.91 Å². The van der Waals surface area contributed by atoms with Crippen molar-refractivity contribution in [3.8, 4) is 11.8 Å². The van der Waals surface area contributed by atoms with Crippen LogP contribution in [0.5, 0.6) is 0 Å². The number of nitrogens with zero attached hydrogens (tertiary/aromatic N) is 2. The van der Waals surface area contributed by atoms with Gasteiger partial charge in [-0.25, -0.2) is 0 Å². The molecule has 0 spiro atoms. The predicted molar refractivity (Wildman–Crippen MR) is 78.2 cm³/mol. The fourth-order valence-corrected chi connectivity index (χ4v) is 2.34. The molecule has 0 radical (unpaired) electrons. The van der Waals surface area contributed by atoms with Crippen LogP contribution in [0, 0.1) is 11.8 Å². The Morgan fingerprint density at radius 2 is 2.45 bits per heavy atom. The van der Waals surface area contributed by atoms with E-state index in [1.54, 1.807) is 18.5 Å². The Hall–Kier alpha value is -1.90. The third-order valence-corrected chi connectivity index (χ3v) is 3.50. The number of rotatable bonds is 3. The Morgan fingerprint density at radius 3 is 3.15 bits per heavy atom. The van der Waals surface area contributed by atoms with Crippen molar-refractivity contribution in [2.24, 2.45) is 5.73 Å². The molecule has 0 bridgehead atoms. The van der Waals surface area contributed by atoms with E-state index in [2.05, 4.69) is 34.1 Å². The van der Waals surface area contributed by atoms with Crippen LogP contribution in [0.1, 0.15) is 28.8 Å². The van der Waals surface area contributed by atoms with E-state index in [0.717, 1.165) is 13.0 Å². The van der Waals surface area contributed by atoms with Crippen molar-refractivity contribution < 1.29 is 4.79 Å². The summed E-state index contributed by atoms with van der Waals surface area (Å²) in [6, 6.07) is 2.18. The first kappa shape index (κ1) is 14.5. The second-order valence-corrected chi connectivity index (χ2v) is 4.95. The van der Waals surface area contributed by atoms with Crippen LogP contribution in [0.25, 0.3) is 0 Å². The van der Waals surface area contributed by atoms with Crippen molar-refractivity contribution >= 4 is 5.91 Å². The van der Waals surface area contributed by atoms with Gasteiger partial charge in [0.05, 0.1) is 12.1 Å². The lowest BCUT2D eigenvalue weighted by atomic mass is 10.2. The van der Waals surface area contributed by atoms with E-state index < -0.39 is 0 Å². The van der Waals surface area contributed by atoms with Crippen LogP contribution in [0.3, 0.4) is 0 Å². The number of pyridine rings is 1. The highest BCUT2D eigenvalue weighted by molar-refractivity contribution is 5.94. The summed E-state index contributed by atoms with van der Waals surface area (Å²) < 4.78 is 0. The van der Waals surface area contributed by atoms with E-state index in [1.165, 1.54) is 6.42 Å². The van der Waals surface area contributed by atoms with Gasteiger partial charge in [-0.2, -0.15) is 0 Å². The summed E-state index contributed by atoms with van der Waals surface area (Å²) in [5, 5.41) is 2.96. The highest BCUT2D eigenvalue weighted by Gasteiger charge is 2.21. The van der Waals surface area contributed by atoms with Crippen LogP contribution in [-0.2, 0) is 0 Å². The van der Waals surface area contributed by atoms with Gasteiger partial charge < -0.3 is 16.0 Å². The minimum absolute atomic E-state index is 0.103. The van der Waals surface area contributed by atoms with Crippen molar-refractivity contribution in [2.45, 2.75) is 18.9 Å². The summed E-state index contributed by atoms with van der Waals surface area (Å²) in [7, 11) is 2.09. The van der Waals surface area contributed by atoms with Crippen molar-refractivity contribution in [1.29, 1.82) is 0 Å². The fourth-order valence-electron chi connectivity index (χ4n) is 2.34. The van der Waals surface area contributed by atoms with E-state index in [0.29, 0.717) is 30.3 Å². The molecule has 1 aromatic heterocycles. The molecule has 1 amide bonds. The first-order valence-electron chi connectivity index (χ1n) is 6.83. The van der Waals surface area contributed by atoms with Gasteiger partial charge in [0.15, 0.2) is 0 Å². The molecule has 1 aliphatic rings. The summed E-state index contributed by atoms with van der Waals surface area (Å²) in [4.78, 5) is 18.4. The third kappa shape index (κ3) is 3.80. The average molecular weight is 272 g/mol. The van der Waals surface area contributed by atoms with Crippen LogP contribution >= 0.6 is 0 Å². The van der Waals surface area contributed by atoms with Crippen molar-refractivity contribution in [2.75, 3.05) is 26.7 Å². The minimum Gasteiger partial charge on any atom is -0.350 e. The van der Waals surface area contributed by atoms with E-state index in [1.807, 2.05) is 0 Å². The molecule has 1 fully saturated rings. The largest absolute Gasteiger partial charge is 0.350 e. The Balaban J connectivity index is 1.95. The molecule has 1 unspecified atom stereocenters. The number of amides is 1. The Labute approximate surface area is 119 Å². The van der Waals surface area contributed by atoms with Crippen molar-refractivity contribution in [1.82, 2.24) is 15.2 Å². The number of aromatic nitrogens is 1. The lowest BCUT2D eigenvalue weighted by Gasteiger charge is -2.19. The van der Waals surface area contributed by atoms with Crippen molar-refractivity contribution in [3.05, 3.63) is 29.6 Å². The normalized spacial score (nSPS) is 18.4. The predicted octanol–water partition coefficient (Wildman–Crippen LogP) is 0.216. The molecule has 1 aliphatic heterocycles. The zero-order valence-corrected chi connectivity index (χ0v) is 11.7. The molecular weight excluding hydrogens is 252 g/mol. The number of nitrogens with one attached hydrogen (secondary N) is 1. The molecule has 0 saturated carbocycles. The smallest absolute Gasteiger partial charge is 0.252 e. The molecule has 20 heavy (non-hydrogen) atoms. The molecule has 5 nitrogen and oxygen atoms in total. The molecule has 106 valence electrons. The van der Waals surface area contributed by atoms with E-state index in [4.69, 9.17) is 5.73 Å². The molecule has 2 rings (SSSR count). The lowest BCUT2D eigenvalue weighted by molar-refractivity contribution is 0.0943. The summed E-state index contributed by atoms with van der Waals surface area (Å²) in [6.45, 7) is 2.07. The number of likely N-dealkylation sites (N-methyl/N-ethyl adjacent to an activating group) is 1. The van der Waals surface area contributed by atoms with Gasteiger partial charge in [-0.15, -0.1) is 0 Å². The fraction of sp³-hybridized carbons (Fsp3) is 0.467. The molecule has 0 aliphatic carbocycles. The number of hydrogen-bond acceptors (Lipinski definition) is 4. The Morgan fingerprint density at radius 1 is 1.60 bits per heavy atom. The monoisotopic (exact) mass is 272 g/mol. The maximum absolute atomic E-state index is 12.1. The van der Waals surface area contributed by atoms with Gasteiger partial charge >= 0.3 is 0 Å². The van der Waals surface area contributed by atoms with Crippen LogP contribution in [0.15, 0.2) is 18.5 Å². The average Bonchev–Trinajstić information content (AvgIpc) is 2.88. The van der Waals surface area contributed by atoms with Crippen molar-refractivity contribution in [3.63, 3.8) is 0 Å². The van der Waals surface area contributed by atoms with Gasteiger partial charge in [0.1, 0.15) is 0 Å². The summed E-state index contributed by atoms with van der Waals surface area (Å²) in [5.74, 6) is 5.53. The third-order valence-electron chi connectivity index (χ3n) is 3.50. The topological polar surface area (TPSA) is 71.2 Å². The van der Waals surface area contributed by atoms with E-state index >= 15 is 0 Å². The second kappa shape index (κ2) is 7.04. The quantitative estimate of drug-likeness (QED) is 0.772. The van der Waals surface area contributed by atoms with Crippen LogP contribution in [0.4, 0.5) is 0 Å². The summed E-state index contributed by atoms with van der Waals surface area (Å²) in [5.41, 5.74) is 6.57. The summed E-state index contributed by atoms with van der Waals surface area (Å²) in [6.07, 6.45) is 5.52. The van der Waals surface area contributed by atoms with Gasteiger partial charge in [-0.3, -0.25) is 9.78 Å². The summed E-state index contributed by atoms with van der Waals surface area (Å²) >= 11 is 0. The number of likely N-dealkylation sites (tertiary alicyclic amines) is 1. The zero-order chi connectivity index (χ0) is 14.4. The van der Waals surface area contributed by atoms with E-state index in [-0.39, 0.29) is 5.91 Å². The van der Waals surface area contributed by atoms with Gasteiger partial charge in [-0.05, 0) is 32.5 Å². The lowest BCUT2D eigenvalue weighted by Crippen LogP contribution is -2.38. The van der Waals surface area contributed by atoms with Crippen LogP contribution in [-0.4, -0.2) is 48.5 Å². The number of nitrogens with two attached hydrogens (primary N) is 1. The SMILES string of the molecule is CN1CCCC1CNC(=O)c1cncc(C#CCN)c1. The maximum Gasteiger partial charge on any atom is 0.252 e. The highest BCUT2D eigenvalue weighted by atomic mass is 16.1. The van der Waals surface area contributed by atoms with Gasteiger partial charge in [-0.1, -0.05) is 11.8 Å². The molecule has 2 heterocycles. The Kier molecular flexibility index (Phi) is 5.10. The van der Waals surface area contributed by atoms with Gasteiger partial charge in [0.2, 0.25) is 0 Å². The maximum atomic E-state index is 12.1. The van der Waals surface area contributed by atoms with E-state index in [9.17, 15) is 4.79 Å². The van der Waals surface area contributed by atoms with Crippen LogP contribution in [0.2, 0.25) is 0 Å². The zero-order valence-electron chi connectivity index (χ0n) is 11.7. The molecular formula is C15H20N4O. The van der Waals surface area contributed by atoms with Crippen LogP contribution < -0.4 is 11.1 Å². The number of carbonyl (C=O) groups excluding carboxylic acids is 1. The first-order chi connectivity index (χ1) is 9.70. The molecule has 1 atom stereocenters.